The van der Waals surface area contributed by atoms with Gasteiger partial charge in [-0.05, 0) is 30.5 Å². The van der Waals surface area contributed by atoms with Gasteiger partial charge in [-0.15, -0.1) is 11.6 Å². The number of rotatable bonds is 5. The van der Waals surface area contributed by atoms with Gasteiger partial charge in [-0.3, -0.25) is 4.79 Å². The van der Waals surface area contributed by atoms with Crippen molar-refractivity contribution in [2.75, 3.05) is 5.88 Å². The first-order chi connectivity index (χ1) is 7.13. The van der Waals surface area contributed by atoms with Crippen LogP contribution in [-0.2, 0) is 11.2 Å². The summed E-state index contributed by atoms with van der Waals surface area (Å²) in [5, 5.41) is 0.743. The maximum Gasteiger partial charge on any atom is 0.137 e. The van der Waals surface area contributed by atoms with Gasteiger partial charge in [-0.2, -0.15) is 0 Å². The minimum absolute atomic E-state index is 0.234. The lowest BCUT2D eigenvalue weighted by Crippen LogP contribution is -2.03. The number of Topliss-reactive ketones (excluding diaryl/α,β-unsaturated/α-hetero) is 1. The average molecular weight is 245 g/mol. The number of benzene rings is 1. The third kappa shape index (κ3) is 4.23. The van der Waals surface area contributed by atoms with Crippen molar-refractivity contribution in [1.82, 2.24) is 0 Å². The Morgan fingerprint density at radius 3 is 2.73 bits per heavy atom. The van der Waals surface area contributed by atoms with E-state index in [9.17, 15) is 4.79 Å². The van der Waals surface area contributed by atoms with Gasteiger partial charge in [0.2, 0.25) is 0 Å². The Morgan fingerprint density at radius 2 is 2.13 bits per heavy atom. The second kappa shape index (κ2) is 6.14. The van der Waals surface area contributed by atoms with Crippen LogP contribution >= 0.6 is 23.2 Å². The lowest BCUT2D eigenvalue weighted by atomic mass is 10.0. The Morgan fingerprint density at radius 1 is 1.40 bits per heavy atom. The highest BCUT2D eigenvalue weighted by Crippen LogP contribution is 2.17. The van der Waals surface area contributed by atoms with E-state index in [1.165, 1.54) is 0 Å². The van der Waals surface area contributed by atoms with Crippen LogP contribution in [0.4, 0.5) is 0 Å². The smallest absolute Gasteiger partial charge is 0.137 e. The molecule has 0 fully saturated rings. The number of carbonyl (C=O) groups is 1. The highest BCUT2D eigenvalue weighted by molar-refractivity contribution is 6.31. The van der Waals surface area contributed by atoms with E-state index in [-0.39, 0.29) is 5.78 Å². The molecule has 15 heavy (non-hydrogen) atoms. The van der Waals surface area contributed by atoms with Gasteiger partial charge in [0.25, 0.3) is 0 Å². The molecule has 0 bridgehead atoms. The van der Waals surface area contributed by atoms with Crippen molar-refractivity contribution in [2.24, 2.45) is 0 Å². The van der Waals surface area contributed by atoms with Crippen LogP contribution in [0.5, 0.6) is 0 Å². The molecule has 3 heteroatoms. The zero-order chi connectivity index (χ0) is 11.3. The summed E-state index contributed by atoms with van der Waals surface area (Å²) in [5.74, 6) is 0.781. The monoisotopic (exact) mass is 244 g/mol. The molecular weight excluding hydrogens is 231 g/mol. The SMILES string of the molecule is Cc1cc(CC(=O)CCCCl)ccc1Cl. The number of halogens is 2. The third-order valence-electron chi connectivity index (χ3n) is 2.21. The van der Waals surface area contributed by atoms with Gasteiger partial charge < -0.3 is 0 Å². The standard InChI is InChI=1S/C12H14Cl2O/c1-9-7-10(4-5-12(9)14)8-11(15)3-2-6-13/h4-5,7H,2-3,6,8H2,1H3. The number of aryl methyl sites for hydroxylation is 1. The van der Waals surface area contributed by atoms with Crippen LogP contribution in [-0.4, -0.2) is 11.7 Å². The van der Waals surface area contributed by atoms with E-state index < -0.39 is 0 Å². The first-order valence-electron chi connectivity index (χ1n) is 4.96. The van der Waals surface area contributed by atoms with Gasteiger partial charge in [0, 0.05) is 23.7 Å². The molecule has 0 aliphatic heterocycles. The minimum atomic E-state index is 0.234. The van der Waals surface area contributed by atoms with E-state index in [0.717, 1.165) is 22.6 Å². The molecule has 0 amide bonds. The summed E-state index contributed by atoms with van der Waals surface area (Å²) in [6, 6.07) is 5.69. The normalized spacial score (nSPS) is 10.3. The van der Waals surface area contributed by atoms with E-state index in [4.69, 9.17) is 23.2 Å². The van der Waals surface area contributed by atoms with Gasteiger partial charge in [-0.1, -0.05) is 23.7 Å². The van der Waals surface area contributed by atoms with Crippen LogP contribution < -0.4 is 0 Å². The van der Waals surface area contributed by atoms with Crippen LogP contribution in [0.25, 0.3) is 0 Å². The maximum absolute atomic E-state index is 11.5. The summed E-state index contributed by atoms with van der Waals surface area (Å²) in [6.45, 7) is 1.94. The summed E-state index contributed by atoms with van der Waals surface area (Å²) < 4.78 is 0. The van der Waals surface area contributed by atoms with Gasteiger partial charge in [-0.25, -0.2) is 0 Å². The molecule has 0 aliphatic rings. The Bertz CT molecular complexity index is 347. The molecule has 0 radical (unpaired) electrons. The molecular formula is C12H14Cl2O. The largest absolute Gasteiger partial charge is 0.299 e. The number of hydrogen-bond donors (Lipinski definition) is 0. The predicted octanol–water partition coefficient (Wildman–Crippen LogP) is 3.78. The molecule has 82 valence electrons. The van der Waals surface area contributed by atoms with E-state index in [1.807, 2.05) is 25.1 Å². The van der Waals surface area contributed by atoms with E-state index in [0.29, 0.717) is 18.7 Å². The fourth-order valence-corrected chi connectivity index (χ4v) is 1.65. The van der Waals surface area contributed by atoms with Crippen molar-refractivity contribution in [2.45, 2.75) is 26.2 Å². The van der Waals surface area contributed by atoms with Crippen LogP contribution in [0.3, 0.4) is 0 Å². The molecule has 1 aromatic rings. The molecule has 1 nitrogen and oxygen atoms in total. The summed E-state index contributed by atoms with van der Waals surface area (Å²) in [6.07, 6.45) is 1.80. The van der Waals surface area contributed by atoms with Crippen LogP contribution in [0.15, 0.2) is 18.2 Å². The molecule has 0 spiro atoms. The number of alkyl halides is 1. The van der Waals surface area contributed by atoms with Gasteiger partial charge in [0.1, 0.15) is 5.78 Å². The molecule has 0 saturated heterocycles. The summed E-state index contributed by atoms with van der Waals surface area (Å²) in [4.78, 5) is 11.5. The molecule has 0 aromatic heterocycles. The molecule has 0 aliphatic carbocycles. The molecule has 1 rings (SSSR count). The predicted molar refractivity (Wildman–Crippen MR) is 64.9 cm³/mol. The van der Waals surface area contributed by atoms with Crippen LogP contribution in [0, 0.1) is 6.92 Å². The Hall–Kier alpha value is -0.530. The van der Waals surface area contributed by atoms with Gasteiger partial charge in [0.15, 0.2) is 0 Å². The van der Waals surface area contributed by atoms with Crippen molar-refractivity contribution in [3.05, 3.63) is 34.3 Å². The van der Waals surface area contributed by atoms with Crippen molar-refractivity contribution in [3.63, 3.8) is 0 Å². The molecule has 0 atom stereocenters. The second-order valence-electron chi connectivity index (χ2n) is 3.59. The summed E-state index contributed by atoms with van der Waals surface area (Å²) >= 11 is 11.4. The van der Waals surface area contributed by atoms with Crippen molar-refractivity contribution >= 4 is 29.0 Å². The lowest BCUT2D eigenvalue weighted by molar-refractivity contribution is -0.118. The lowest BCUT2D eigenvalue weighted by Gasteiger charge is -2.03. The number of carbonyl (C=O) groups excluding carboxylic acids is 1. The van der Waals surface area contributed by atoms with Crippen molar-refractivity contribution in [3.8, 4) is 0 Å². The highest BCUT2D eigenvalue weighted by atomic mass is 35.5. The molecule has 0 N–H and O–H groups in total. The third-order valence-corrected chi connectivity index (χ3v) is 2.90. The average Bonchev–Trinajstić information content (AvgIpc) is 2.20. The Kier molecular flexibility index (Phi) is 5.13. The quantitative estimate of drug-likeness (QED) is 0.721. The van der Waals surface area contributed by atoms with Crippen molar-refractivity contribution < 1.29 is 4.79 Å². The number of ketones is 1. The zero-order valence-electron chi connectivity index (χ0n) is 8.72. The van der Waals surface area contributed by atoms with E-state index in [2.05, 4.69) is 0 Å². The van der Waals surface area contributed by atoms with Gasteiger partial charge >= 0.3 is 0 Å². The van der Waals surface area contributed by atoms with Gasteiger partial charge in [0.05, 0.1) is 0 Å². The van der Waals surface area contributed by atoms with E-state index >= 15 is 0 Å². The maximum atomic E-state index is 11.5. The first kappa shape index (κ1) is 12.5. The van der Waals surface area contributed by atoms with Crippen molar-refractivity contribution in [1.29, 1.82) is 0 Å². The summed E-state index contributed by atoms with van der Waals surface area (Å²) in [7, 11) is 0. The molecule has 0 heterocycles. The molecule has 0 unspecified atom stereocenters. The second-order valence-corrected chi connectivity index (χ2v) is 4.38. The Balaban J connectivity index is 2.57. The molecule has 1 aromatic carbocycles. The minimum Gasteiger partial charge on any atom is -0.299 e. The highest BCUT2D eigenvalue weighted by Gasteiger charge is 2.04. The Labute approximate surface area is 100 Å². The van der Waals surface area contributed by atoms with E-state index in [1.54, 1.807) is 0 Å². The number of hydrogen-bond acceptors (Lipinski definition) is 1. The zero-order valence-corrected chi connectivity index (χ0v) is 10.2. The molecule has 0 saturated carbocycles. The van der Waals surface area contributed by atoms with Crippen LogP contribution in [0.1, 0.15) is 24.0 Å². The first-order valence-corrected chi connectivity index (χ1v) is 5.87. The summed E-state index contributed by atoms with van der Waals surface area (Å²) in [5.41, 5.74) is 2.04. The fourth-order valence-electron chi connectivity index (χ4n) is 1.40. The van der Waals surface area contributed by atoms with Crippen LogP contribution in [0.2, 0.25) is 5.02 Å². The topological polar surface area (TPSA) is 17.1 Å². The fraction of sp³-hybridized carbons (Fsp3) is 0.417.